The lowest BCUT2D eigenvalue weighted by molar-refractivity contribution is -0.139. The number of hydrogen-bond acceptors (Lipinski definition) is 3. The molecule has 22 heavy (non-hydrogen) atoms. The molecule has 0 bridgehead atoms. The summed E-state index contributed by atoms with van der Waals surface area (Å²) >= 11 is 0. The van der Waals surface area contributed by atoms with Gasteiger partial charge in [0.1, 0.15) is 6.10 Å². The summed E-state index contributed by atoms with van der Waals surface area (Å²) in [5.41, 5.74) is 1.72. The predicted molar refractivity (Wildman–Crippen MR) is 87.5 cm³/mol. The maximum absolute atomic E-state index is 12.2. The van der Waals surface area contributed by atoms with E-state index in [2.05, 4.69) is 15.8 Å². The standard InChI is InChI=1S/C13H16F2N2O.C4H8/c1-4-12(18-13(14)15)11-6-5-10(2)9-17(3)16-8-7-11;1-3-4-2/h1,7-9,12-13H,5-6H2,2-3H3;3-4H,1-2H3/b10-9+,11-7+,16-8+;4-3-. The number of rotatable bonds is 3. The molecule has 0 saturated carbocycles. The van der Waals surface area contributed by atoms with Gasteiger partial charge in [-0.05, 0) is 45.3 Å². The monoisotopic (exact) mass is 310 g/mol. The number of hydrazone groups is 1. The van der Waals surface area contributed by atoms with Gasteiger partial charge < -0.3 is 4.74 Å². The zero-order valence-electron chi connectivity index (χ0n) is 13.6. The van der Waals surface area contributed by atoms with E-state index in [1.807, 2.05) is 39.1 Å². The lowest BCUT2D eigenvalue weighted by atomic mass is 10.0. The summed E-state index contributed by atoms with van der Waals surface area (Å²) in [4.78, 5) is 0. The summed E-state index contributed by atoms with van der Waals surface area (Å²) in [6.45, 7) is 3.07. The fraction of sp³-hybridized carbons (Fsp3) is 0.471. The number of hydrogen-bond donors (Lipinski definition) is 0. The van der Waals surface area contributed by atoms with E-state index in [4.69, 9.17) is 6.42 Å². The van der Waals surface area contributed by atoms with Crippen molar-refractivity contribution in [3.8, 4) is 12.3 Å². The topological polar surface area (TPSA) is 24.8 Å². The van der Waals surface area contributed by atoms with Gasteiger partial charge in [0.2, 0.25) is 0 Å². The number of nitrogens with zero attached hydrogens (tertiary/aromatic N) is 2. The summed E-state index contributed by atoms with van der Waals surface area (Å²) < 4.78 is 28.9. The minimum atomic E-state index is -2.88. The molecule has 0 radical (unpaired) electrons. The third-order valence-electron chi connectivity index (χ3n) is 2.81. The summed E-state index contributed by atoms with van der Waals surface area (Å²) in [6, 6.07) is 0. The Balaban J connectivity index is 0.000000980. The van der Waals surface area contributed by atoms with E-state index in [0.717, 1.165) is 12.0 Å². The van der Waals surface area contributed by atoms with E-state index in [-0.39, 0.29) is 0 Å². The molecule has 0 fully saturated rings. The zero-order chi connectivity index (χ0) is 17.0. The van der Waals surface area contributed by atoms with Crippen LogP contribution in [0.3, 0.4) is 0 Å². The number of ether oxygens (including phenoxy) is 1. The SMILES string of the molecule is C#CC(OC(F)F)/C1=C/C=N/N(C)/C=C(\C)CC1.C/C=C\C. The fourth-order valence-corrected chi connectivity index (χ4v) is 1.63. The second-order valence-electron chi connectivity index (χ2n) is 4.67. The molecule has 3 nitrogen and oxygen atoms in total. The highest BCUT2D eigenvalue weighted by molar-refractivity contribution is 5.72. The predicted octanol–water partition coefficient (Wildman–Crippen LogP) is 4.35. The van der Waals surface area contributed by atoms with Gasteiger partial charge in [-0.2, -0.15) is 13.9 Å². The molecule has 1 heterocycles. The molecule has 1 aliphatic rings. The number of allylic oxidation sites excluding steroid dienone is 4. The highest BCUT2D eigenvalue weighted by Gasteiger charge is 2.17. The molecule has 1 atom stereocenters. The zero-order valence-corrected chi connectivity index (χ0v) is 13.6. The first-order valence-corrected chi connectivity index (χ1v) is 7.04. The molecule has 0 aromatic rings. The summed E-state index contributed by atoms with van der Waals surface area (Å²) in [6.07, 6.45) is 14.6. The summed E-state index contributed by atoms with van der Waals surface area (Å²) in [5.74, 6) is 2.23. The van der Waals surface area contributed by atoms with Crippen molar-refractivity contribution in [2.24, 2.45) is 5.10 Å². The van der Waals surface area contributed by atoms with E-state index >= 15 is 0 Å². The second kappa shape index (κ2) is 11.7. The molecule has 0 aromatic carbocycles. The highest BCUT2D eigenvalue weighted by Crippen LogP contribution is 2.19. The van der Waals surface area contributed by atoms with Crippen molar-refractivity contribution in [2.45, 2.75) is 46.3 Å². The van der Waals surface area contributed by atoms with Crippen molar-refractivity contribution in [1.29, 1.82) is 0 Å². The van der Waals surface area contributed by atoms with Crippen LogP contribution in [0.25, 0.3) is 0 Å². The Labute approximate surface area is 132 Å². The van der Waals surface area contributed by atoms with E-state index in [1.54, 1.807) is 18.1 Å². The lowest BCUT2D eigenvalue weighted by Crippen LogP contribution is -2.17. The molecule has 0 aromatic heterocycles. The van der Waals surface area contributed by atoms with Gasteiger partial charge in [0.15, 0.2) is 0 Å². The molecule has 1 rings (SSSR count). The molecule has 0 aliphatic carbocycles. The largest absolute Gasteiger partial charge is 0.346 e. The third kappa shape index (κ3) is 9.09. The smallest absolute Gasteiger partial charge is 0.302 e. The van der Waals surface area contributed by atoms with Crippen LogP contribution in [0, 0.1) is 12.3 Å². The van der Waals surface area contributed by atoms with Gasteiger partial charge in [0.25, 0.3) is 0 Å². The molecular formula is C17H24F2N2O. The van der Waals surface area contributed by atoms with Gasteiger partial charge in [-0.1, -0.05) is 23.6 Å². The molecule has 1 aliphatic heterocycles. The lowest BCUT2D eigenvalue weighted by Gasteiger charge is -2.15. The normalized spacial score (nSPS) is 22.9. The molecule has 5 heteroatoms. The Morgan fingerprint density at radius 1 is 1.36 bits per heavy atom. The van der Waals surface area contributed by atoms with E-state index < -0.39 is 12.7 Å². The van der Waals surface area contributed by atoms with Gasteiger partial charge in [-0.25, -0.2) is 0 Å². The number of terminal acetylenes is 1. The van der Waals surface area contributed by atoms with Gasteiger partial charge in [-0.3, -0.25) is 5.01 Å². The Morgan fingerprint density at radius 3 is 2.50 bits per heavy atom. The van der Waals surface area contributed by atoms with Crippen LogP contribution in [0.15, 0.2) is 40.7 Å². The second-order valence-corrected chi connectivity index (χ2v) is 4.67. The van der Waals surface area contributed by atoms with Crippen molar-refractivity contribution in [2.75, 3.05) is 7.05 Å². The Kier molecular flexibility index (Phi) is 10.7. The van der Waals surface area contributed by atoms with Gasteiger partial charge in [0, 0.05) is 19.5 Å². The first-order valence-electron chi connectivity index (χ1n) is 7.04. The van der Waals surface area contributed by atoms with Gasteiger partial charge >= 0.3 is 6.61 Å². The molecule has 1 unspecified atom stereocenters. The van der Waals surface area contributed by atoms with E-state index in [1.165, 1.54) is 6.21 Å². The van der Waals surface area contributed by atoms with Crippen LogP contribution in [0.4, 0.5) is 8.78 Å². The van der Waals surface area contributed by atoms with E-state index in [0.29, 0.717) is 12.0 Å². The van der Waals surface area contributed by atoms with Crippen LogP contribution in [-0.2, 0) is 4.74 Å². The van der Waals surface area contributed by atoms with Gasteiger partial charge in [0.05, 0.1) is 0 Å². The molecule has 0 spiro atoms. The quantitative estimate of drug-likeness (QED) is 0.572. The van der Waals surface area contributed by atoms with E-state index in [9.17, 15) is 8.78 Å². The third-order valence-corrected chi connectivity index (χ3v) is 2.81. The van der Waals surface area contributed by atoms with Crippen molar-refractivity contribution in [3.05, 3.63) is 35.6 Å². The van der Waals surface area contributed by atoms with Crippen molar-refractivity contribution >= 4 is 6.21 Å². The highest BCUT2D eigenvalue weighted by atomic mass is 19.3. The van der Waals surface area contributed by atoms with Crippen molar-refractivity contribution in [3.63, 3.8) is 0 Å². The minimum Gasteiger partial charge on any atom is -0.302 e. The minimum absolute atomic E-state index is 0.573. The molecule has 0 amide bonds. The summed E-state index contributed by atoms with van der Waals surface area (Å²) in [5, 5.41) is 5.74. The van der Waals surface area contributed by atoms with Crippen LogP contribution in [-0.4, -0.2) is 31.0 Å². The Morgan fingerprint density at radius 2 is 2.00 bits per heavy atom. The van der Waals surface area contributed by atoms with Crippen LogP contribution < -0.4 is 0 Å². The maximum Gasteiger partial charge on any atom is 0.346 e. The Bertz CT molecular complexity index is 470. The van der Waals surface area contributed by atoms with Gasteiger partial charge in [-0.15, -0.1) is 6.42 Å². The van der Waals surface area contributed by atoms with Crippen LogP contribution in [0.1, 0.15) is 33.6 Å². The average molecular weight is 310 g/mol. The van der Waals surface area contributed by atoms with Crippen LogP contribution >= 0.6 is 0 Å². The number of alkyl halides is 2. The fourth-order valence-electron chi connectivity index (χ4n) is 1.63. The average Bonchev–Trinajstić information content (AvgIpc) is 2.55. The first kappa shape index (κ1) is 20.1. The summed E-state index contributed by atoms with van der Waals surface area (Å²) in [7, 11) is 1.80. The molecular weight excluding hydrogens is 286 g/mol. The molecule has 0 N–H and O–H groups in total. The van der Waals surface area contributed by atoms with Crippen molar-refractivity contribution < 1.29 is 13.5 Å². The first-order chi connectivity index (χ1) is 10.4. The molecule has 122 valence electrons. The molecule has 0 saturated heterocycles. The maximum atomic E-state index is 12.2. The van der Waals surface area contributed by atoms with Crippen LogP contribution in [0.2, 0.25) is 0 Å². The van der Waals surface area contributed by atoms with Crippen LogP contribution in [0.5, 0.6) is 0 Å². The number of halogens is 2. The van der Waals surface area contributed by atoms with Crippen molar-refractivity contribution in [1.82, 2.24) is 5.01 Å². The Hall–Kier alpha value is -1.93.